The van der Waals surface area contributed by atoms with Gasteiger partial charge in [-0.25, -0.2) is 8.42 Å². The highest BCUT2D eigenvalue weighted by Gasteiger charge is 2.29. The zero-order valence-corrected chi connectivity index (χ0v) is 14.0. The molecule has 1 atom stereocenters. The number of hydrogen-bond acceptors (Lipinski definition) is 4. The minimum absolute atomic E-state index is 0.162. The van der Waals surface area contributed by atoms with Crippen LogP contribution in [0.15, 0.2) is 18.2 Å². The lowest BCUT2D eigenvalue weighted by molar-refractivity contribution is -0.0553. The van der Waals surface area contributed by atoms with E-state index in [0.717, 1.165) is 24.8 Å². The smallest absolute Gasteiger partial charge is 0.229 e. The number of hydrogen-bond donors (Lipinski definition) is 2. The molecule has 1 aliphatic rings. The molecule has 2 rings (SSSR count). The van der Waals surface area contributed by atoms with Crippen molar-refractivity contribution in [2.75, 3.05) is 22.9 Å². The van der Waals surface area contributed by atoms with Gasteiger partial charge in [0.1, 0.15) is 0 Å². The summed E-state index contributed by atoms with van der Waals surface area (Å²) < 4.78 is 30.7. The van der Waals surface area contributed by atoms with Crippen molar-refractivity contribution in [3.05, 3.63) is 23.2 Å². The number of anilines is 2. The molecule has 1 aliphatic heterocycles. The molecule has 0 bridgehead atoms. The van der Waals surface area contributed by atoms with Gasteiger partial charge in [0.15, 0.2) is 0 Å². The Balaban J connectivity index is 2.14. The Morgan fingerprint density at radius 1 is 1.38 bits per heavy atom. The van der Waals surface area contributed by atoms with E-state index in [2.05, 4.69) is 23.9 Å². The van der Waals surface area contributed by atoms with E-state index >= 15 is 0 Å². The zero-order chi connectivity index (χ0) is 15.7. The van der Waals surface area contributed by atoms with Gasteiger partial charge in [-0.2, -0.15) is 0 Å². The van der Waals surface area contributed by atoms with Gasteiger partial charge in [-0.15, -0.1) is 0 Å². The van der Waals surface area contributed by atoms with Crippen molar-refractivity contribution in [3.8, 4) is 0 Å². The first-order valence-electron chi connectivity index (χ1n) is 6.82. The van der Waals surface area contributed by atoms with Crippen LogP contribution in [0.5, 0.6) is 0 Å². The van der Waals surface area contributed by atoms with Crippen LogP contribution in [0.25, 0.3) is 0 Å². The lowest BCUT2D eigenvalue weighted by Gasteiger charge is -2.36. The van der Waals surface area contributed by atoms with Gasteiger partial charge >= 0.3 is 0 Å². The summed E-state index contributed by atoms with van der Waals surface area (Å²) in [7, 11) is -3.30. The molecule has 1 aromatic carbocycles. The monoisotopic (exact) mass is 332 g/mol. The molecule has 21 heavy (non-hydrogen) atoms. The average Bonchev–Trinajstić information content (AvgIpc) is 2.30. The van der Waals surface area contributed by atoms with Crippen molar-refractivity contribution >= 4 is 33.0 Å². The largest absolute Gasteiger partial charge is 0.381 e. The molecular formula is C14H21ClN2O3S. The third-order valence-electron chi connectivity index (χ3n) is 3.33. The molecule has 1 heterocycles. The lowest BCUT2D eigenvalue weighted by atomic mass is 9.94. The van der Waals surface area contributed by atoms with Crippen molar-refractivity contribution in [3.63, 3.8) is 0 Å². The third kappa shape index (κ3) is 5.05. The molecule has 0 radical (unpaired) electrons. The molecule has 1 aromatic rings. The first-order valence-corrected chi connectivity index (χ1v) is 9.09. The molecular weight excluding hydrogens is 312 g/mol. The summed E-state index contributed by atoms with van der Waals surface area (Å²) in [5, 5.41) is 3.95. The predicted octanol–water partition coefficient (Wildman–Crippen LogP) is 3.08. The normalized spacial score (nSPS) is 21.8. The van der Waals surface area contributed by atoms with Crippen LogP contribution >= 0.6 is 11.6 Å². The number of nitrogens with one attached hydrogen (secondary N) is 2. The van der Waals surface area contributed by atoms with Crippen LogP contribution in [0, 0.1) is 0 Å². The molecule has 0 aliphatic carbocycles. The number of sulfonamides is 1. The van der Waals surface area contributed by atoms with Gasteiger partial charge in [-0.3, -0.25) is 4.72 Å². The quantitative estimate of drug-likeness (QED) is 0.889. The molecule has 5 nitrogen and oxygen atoms in total. The topological polar surface area (TPSA) is 67.4 Å². The fraction of sp³-hybridized carbons (Fsp3) is 0.571. The summed E-state index contributed by atoms with van der Waals surface area (Å²) >= 11 is 6.19. The summed E-state index contributed by atoms with van der Waals surface area (Å²) in [4.78, 5) is 0. The highest BCUT2D eigenvalue weighted by molar-refractivity contribution is 7.92. The van der Waals surface area contributed by atoms with Gasteiger partial charge in [0.2, 0.25) is 10.0 Å². The fourth-order valence-corrected chi connectivity index (χ4v) is 3.22. The van der Waals surface area contributed by atoms with Gasteiger partial charge < -0.3 is 10.1 Å². The van der Waals surface area contributed by atoms with Crippen LogP contribution in [0.3, 0.4) is 0 Å². The van der Waals surface area contributed by atoms with E-state index in [1.165, 1.54) is 0 Å². The summed E-state index contributed by atoms with van der Waals surface area (Å²) in [5.74, 6) is 0. The summed E-state index contributed by atoms with van der Waals surface area (Å²) in [6, 6.07) is 5.29. The second kappa shape index (κ2) is 6.02. The van der Waals surface area contributed by atoms with Crippen molar-refractivity contribution in [2.45, 2.75) is 38.3 Å². The molecule has 118 valence electrons. The number of benzene rings is 1. The maximum Gasteiger partial charge on any atom is 0.229 e. The number of halogens is 1. The Morgan fingerprint density at radius 2 is 2.10 bits per heavy atom. The van der Waals surface area contributed by atoms with Crippen molar-refractivity contribution in [1.82, 2.24) is 0 Å². The van der Waals surface area contributed by atoms with E-state index in [1.807, 2.05) is 0 Å². The fourth-order valence-electron chi connectivity index (χ4n) is 2.49. The summed E-state index contributed by atoms with van der Waals surface area (Å²) in [6.45, 7) is 4.82. The van der Waals surface area contributed by atoms with Gasteiger partial charge in [-0.05, 0) is 44.9 Å². The van der Waals surface area contributed by atoms with Crippen molar-refractivity contribution in [2.24, 2.45) is 0 Å². The Kier molecular flexibility index (Phi) is 4.70. The predicted molar refractivity (Wildman–Crippen MR) is 86.6 cm³/mol. The maximum absolute atomic E-state index is 11.3. The molecule has 1 saturated heterocycles. The highest BCUT2D eigenvalue weighted by Crippen LogP contribution is 2.31. The molecule has 7 heteroatoms. The Hall–Kier alpha value is -0.980. The molecule has 2 N–H and O–H groups in total. The SMILES string of the molecule is CC1(C)CC(Nc2cc(NS(C)(=O)=O)ccc2Cl)CCO1. The first-order chi connectivity index (χ1) is 9.65. The Labute approximate surface area is 131 Å². The van der Waals surface area contributed by atoms with E-state index in [0.29, 0.717) is 17.3 Å². The van der Waals surface area contributed by atoms with Crippen LogP contribution in [0.4, 0.5) is 11.4 Å². The third-order valence-corrected chi connectivity index (χ3v) is 4.26. The number of ether oxygens (including phenoxy) is 1. The van der Waals surface area contributed by atoms with E-state index in [4.69, 9.17) is 16.3 Å². The van der Waals surface area contributed by atoms with Crippen LogP contribution in [-0.4, -0.2) is 32.9 Å². The van der Waals surface area contributed by atoms with Gasteiger partial charge in [0.25, 0.3) is 0 Å². The second-order valence-corrected chi connectivity index (χ2v) is 8.17. The zero-order valence-electron chi connectivity index (χ0n) is 12.4. The van der Waals surface area contributed by atoms with Crippen LogP contribution in [-0.2, 0) is 14.8 Å². The van der Waals surface area contributed by atoms with Gasteiger partial charge in [0.05, 0.1) is 28.3 Å². The Bertz CT molecular complexity index is 617. The van der Waals surface area contributed by atoms with Crippen LogP contribution in [0.2, 0.25) is 5.02 Å². The van der Waals surface area contributed by atoms with Crippen LogP contribution in [0.1, 0.15) is 26.7 Å². The molecule has 1 unspecified atom stereocenters. The van der Waals surface area contributed by atoms with E-state index in [1.54, 1.807) is 18.2 Å². The van der Waals surface area contributed by atoms with Crippen molar-refractivity contribution in [1.29, 1.82) is 0 Å². The summed E-state index contributed by atoms with van der Waals surface area (Å²) in [6.07, 6.45) is 2.88. The summed E-state index contributed by atoms with van der Waals surface area (Å²) in [5.41, 5.74) is 1.06. The Morgan fingerprint density at radius 3 is 2.71 bits per heavy atom. The first kappa shape index (κ1) is 16.4. The highest BCUT2D eigenvalue weighted by atomic mass is 35.5. The molecule has 0 saturated carbocycles. The molecule has 1 fully saturated rings. The van der Waals surface area contributed by atoms with E-state index < -0.39 is 10.0 Å². The standard InChI is InChI=1S/C14H21ClN2O3S/c1-14(2)9-11(6-7-20-14)16-13-8-10(4-5-12(13)15)17-21(3,18)19/h4-5,8,11,16-17H,6-7,9H2,1-3H3. The van der Waals surface area contributed by atoms with E-state index in [-0.39, 0.29) is 11.6 Å². The molecule has 0 amide bonds. The van der Waals surface area contributed by atoms with Gasteiger partial charge in [0, 0.05) is 12.6 Å². The lowest BCUT2D eigenvalue weighted by Crippen LogP contribution is -2.40. The van der Waals surface area contributed by atoms with Gasteiger partial charge in [-0.1, -0.05) is 11.6 Å². The minimum atomic E-state index is -3.30. The maximum atomic E-state index is 11.3. The second-order valence-electron chi connectivity index (χ2n) is 6.01. The minimum Gasteiger partial charge on any atom is -0.381 e. The number of rotatable bonds is 4. The molecule has 0 aromatic heterocycles. The van der Waals surface area contributed by atoms with Crippen molar-refractivity contribution < 1.29 is 13.2 Å². The van der Waals surface area contributed by atoms with E-state index in [9.17, 15) is 8.42 Å². The van der Waals surface area contributed by atoms with Crippen LogP contribution < -0.4 is 10.0 Å². The molecule has 0 spiro atoms. The average molecular weight is 333 g/mol.